The predicted octanol–water partition coefficient (Wildman–Crippen LogP) is 3.57. The van der Waals surface area contributed by atoms with Gasteiger partial charge in [-0.3, -0.25) is 4.79 Å². The maximum absolute atomic E-state index is 12.3. The van der Waals surface area contributed by atoms with Gasteiger partial charge in [0.1, 0.15) is 0 Å². The summed E-state index contributed by atoms with van der Waals surface area (Å²) in [5, 5.41) is 2.94. The standard InChI is InChI=1S/C17H19BrN2O/c1-11-8-14(18)9-12(2)16(11)20-17(21)15(19)10-13-6-4-3-5-7-13/h3-9,15H,10,19H2,1-2H3,(H,20,21)/t15-/m0/s1. The van der Waals surface area contributed by atoms with Crippen molar-refractivity contribution in [2.45, 2.75) is 26.3 Å². The lowest BCUT2D eigenvalue weighted by Crippen LogP contribution is -2.37. The van der Waals surface area contributed by atoms with Crippen LogP contribution in [0.15, 0.2) is 46.9 Å². The van der Waals surface area contributed by atoms with Crippen LogP contribution in [-0.4, -0.2) is 11.9 Å². The summed E-state index contributed by atoms with van der Waals surface area (Å²) in [5.41, 5.74) is 9.94. The smallest absolute Gasteiger partial charge is 0.241 e. The lowest BCUT2D eigenvalue weighted by atomic mass is 10.0. The SMILES string of the molecule is Cc1cc(Br)cc(C)c1NC(=O)[C@@H](N)Cc1ccccc1. The number of benzene rings is 2. The van der Waals surface area contributed by atoms with E-state index in [0.29, 0.717) is 6.42 Å². The molecule has 21 heavy (non-hydrogen) atoms. The summed E-state index contributed by atoms with van der Waals surface area (Å²) in [6, 6.07) is 13.2. The number of anilines is 1. The average Bonchev–Trinajstić information content (AvgIpc) is 2.43. The van der Waals surface area contributed by atoms with Crippen molar-refractivity contribution in [1.82, 2.24) is 0 Å². The molecule has 0 bridgehead atoms. The fraction of sp³-hybridized carbons (Fsp3) is 0.235. The molecule has 2 rings (SSSR count). The summed E-state index contributed by atoms with van der Waals surface area (Å²) in [6.07, 6.45) is 0.529. The Morgan fingerprint density at radius 1 is 1.19 bits per heavy atom. The fourth-order valence-electron chi connectivity index (χ4n) is 2.28. The molecule has 0 radical (unpaired) electrons. The van der Waals surface area contributed by atoms with Crippen LogP contribution in [0.1, 0.15) is 16.7 Å². The molecule has 0 saturated heterocycles. The van der Waals surface area contributed by atoms with Crippen LogP contribution in [0.5, 0.6) is 0 Å². The Morgan fingerprint density at radius 2 is 1.76 bits per heavy atom. The zero-order valence-electron chi connectivity index (χ0n) is 12.2. The minimum atomic E-state index is -0.560. The summed E-state index contributed by atoms with van der Waals surface area (Å²) in [5.74, 6) is -0.160. The highest BCUT2D eigenvalue weighted by Gasteiger charge is 2.16. The number of hydrogen-bond donors (Lipinski definition) is 2. The average molecular weight is 347 g/mol. The first-order valence-corrected chi connectivity index (χ1v) is 7.64. The first-order valence-electron chi connectivity index (χ1n) is 6.84. The lowest BCUT2D eigenvalue weighted by molar-refractivity contribution is -0.117. The second-order valence-corrected chi connectivity index (χ2v) is 6.12. The molecule has 0 aromatic heterocycles. The number of nitrogens with two attached hydrogens (primary N) is 1. The van der Waals surface area contributed by atoms with Crippen LogP contribution in [0.25, 0.3) is 0 Å². The third kappa shape index (κ3) is 4.16. The number of halogens is 1. The van der Waals surface area contributed by atoms with Crippen molar-refractivity contribution in [3.05, 3.63) is 63.6 Å². The highest BCUT2D eigenvalue weighted by atomic mass is 79.9. The molecule has 2 aromatic rings. The van der Waals surface area contributed by atoms with E-state index in [-0.39, 0.29) is 5.91 Å². The van der Waals surface area contributed by atoms with Gasteiger partial charge in [-0.15, -0.1) is 0 Å². The van der Waals surface area contributed by atoms with E-state index in [1.165, 1.54) is 0 Å². The molecule has 3 N–H and O–H groups in total. The van der Waals surface area contributed by atoms with E-state index in [1.807, 2.05) is 56.3 Å². The van der Waals surface area contributed by atoms with Crippen molar-refractivity contribution >= 4 is 27.5 Å². The third-order valence-electron chi connectivity index (χ3n) is 3.38. The summed E-state index contributed by atoms with van der Waals surface area (Å²) >= 11 is 3.45. The van der Waals surface area contributed by atoms with Crippen molar-refractivity contribution < 1.29 is 4.79 Å². The summed E-state index contributed by atoms with van der Waals surface area (Å²) < 4.78 is 1.00. The molecular weight excluding hydrogens is 328 g/mol. The molecule has 0 aliphatic carbocycles. The number of aryl methyl sites for hydroxylation is 2. The number of carbonyl (C=O) groups is 1. The van der Waals surface area contributed by atoms with Crippen molar-refractivity contribution in [3.63, 3.8) is 0 Å². The van der Waals surface area contributed by atoms with E-state index < -0.39 is 6.04 Å². The van der Waals surface area contributed by atoms with E-state index in [9.17, 15) is 4.79 Å². The van der Waals surface area contributed by atoms with Crippen molar-refractivity contribution in [1.29, 1.82) is 0 Å². The summed E-state index contributed by atoms with van der Waals surface area (Å²) in [7, 11) is 0. The van der Waals surface area contributed by atoms with Gasteiger partial charge in [0.15, 0.2) is 0 Å². The van der Waals surface area contributed by atoms with Gasteiger partial charge in [0.2, 0.25) is 5.91 Å². The maximum Gasteiger partial charge on any atom is 0.241 e. The van der Waals surface area contributed by atoms with Crippen LogP contribution >= 0.6 is 15.9 Å². The fourth-order valence-corrected chi connectivity index (χ4v) is 2.97. The molecule has 1 amide bonds. The molecule has 0 aliphatic heterocycles. The second kappa shape index (κ2) is 6.87. The second-order valence-electron chi connectivity index (χ2n) is 5.20. The Hall–Kier alpha value is -1.65. The minimum absolute atomic E-state index is 0.160. The zero-order chi connectivity index (χ0) is 15.4. The van der Waals surface area contributed by atoms with E-state index in [4.69, 9.17) is 5.73 Å². The van der Waals surface area contributed by atoms with Gasteiger partial charge in [0.05, 0.1) is 6.04 Å². The third-order valence-corrected chi connectivity index (χ3v) is 3.84. The molecule has 0 fully saturated rings. The van der Waals surface area contributed by atoms with Crippen molar-refractivity contribution in [2.75, 3.05) is 5.32 Å². The first-order chi connectivity index (χ1) is 9.97. The molecule has 0 unspecified atom stereocenters. The van der Waals surface area contributed by atoms with Gasteiger partial charge in [-0.1, -0.05) is 46.3 Å². The molecule has 1 atom stereocenters. The van der Waals surface area contributed by atoms with E-state index in [0.717, 1.165) is 26.9 Å². The number of carbonyl (C=O) groups excluding carboxylic acids is 1. The molecule has 2 aromatic carbocycles. The molecule has 0 spiro atoms. The molecule has 0 heterocycles. The number of rotatable bonds is 4. The van der Waals surface area contributed by atoms with Crippen LogP contribution in [0.4, 0.5) is 5.69 Å². The van der Waals surface area contributed by atoms with Crippen molar-refractivity contribution in [3.8, 4) is 0 Å². The lowest BCUT2D eigenvalue weighted by Gasteiger charge is -2.16. The van der Waals surface area contributed by atoms with E-state index >= 15 is 0 Å². The molecule has 3 nitrogen and oxygen atoms in total. The Labute approximate surface area is 133 Å². The first kappa shape index (κ1) is 15.7. The van der Waals surface area contributed by atoms with Crippen LogP contribution in [0.2, 0.25) is 0 Å². The summed E-state index contributed by atoms with van der Waals surface area (Å²) in [6.45, 7) is 3.94. The van der Waals surface area contributed by atoms with Gasteiger partial charge in [0.25, 0.3) is 0 Å². The van der Waals surface area contributed by atoms with Crippen molar-refractivity contribution in [2.24, 2.45) is 5.73 Å². The van der Waals surface area contributed by atoms with Crippen LogP contribution in [0, 0.1) is 13.8 Å². The van der Waals surface area contributed by atoms with Gasteiger partial charge >= 0.3 is 0 Å². The van der Waals surface area contributed by atoms with Crippen LogP contribution in [-0.2, 0) is 11.2 Å². The molecule has 0 aliphatic rings. The predicted molar refractivity (Wildman–Crippen MR) is 90.4 cm³/mol. The highest BCUT2D eigenvalue weighted by Crippen LogP contribution is 2.25. The monoisotopic (exact) mass is 346 g/mol. The van der Waals surface area contributed by atoms with Gasteiger partial charge in [-0.05, 0) is 49.1 Å². The molecule has 4 heteroatoms. The largest absolute Gasteiger partial charge is 0.324 e. The normalized spacial score (nSPS) is 12.0. The van der Waals surface area contributed by atoms with Gasteiger partial charge in [0, 0.05) is 10.2 Å². The summed E-state index contributed by atoms with van der Waals surface area (Å²) in [4.78, 5) is 12.3. The van der Waals surface area contributed by atoms with Gasteiger partial charge < -0.3 is 11.1 Å². The van der Waals surface area contributed by atoms with E-state index in [2.05, 4.69) is 21.2 Å². The zero-order valence-corrected chi connectivity index (χ0v) is 13.8. The molecule has 110 valence electrons. The topological polar surface area (TPSA) is 55.1 Å². The van der Waals surface area contributed by atoms with Crippen LogP contribution < -0.4 is 11.1 Å². The molecule has 0 saturated carbocycles. The Bertz CT molecular complexity index is 617. The quantitative estimate of drug-likeness (QED) is 0.888. The number of amides is 1. The van der Waals surface area contributed by atoms with E-state index in [1.54, 1.807) is 0 Å². The van der Waals surface area contributed by atoms with Gasteiger partial charge in [-0.25, -0.2) is 0 Å². The van der Waals surface area contributed by atoms with Gasteiger partial charge in [-0.2, -0.15) is 0 Å². The van der Waals surface area contributed by atoms with Crippen LogP contribution in [0.3, 0.4) is 0 Å². The molecular formula is C17H19BrN2O. The Morgan fingerprint density at radius 3 is 2.33 bits per heavy atom. The Balaban J connectivity index is 2.08. The number of nitrogens with one attached hydrogen (secondary N) is 1. The Kier molecular flexibility index (Phi) is 5.15. The minimum Gasteiger partial charge on any atom is -0.324 e. The number of hydrogen-bond acceptors (Lipinski definition) is 2. The highest BCUT2D eigenvalue weighted by molar-refractivity contribution is 9.10. The maximum atomic E-state index is 12.3.